The molecular formula is C16H12ClNO2S. The van der Waals surface area contributed by atoms with Gasteiger partial charge in [0.15, 0.2) is 0 Å². The zero-order valence-electron chi connectivity index (χ0n) is 11.5. The Morgan fingerprint density at radius 1 is 1.24 bits per heavy atom. The largest absolute Gasteiger partial charge is 0.478 e. The van der Waals surface area contributed by atoms with Crippen LogP contribution in [0, 0.1) is 13.8 Å². The maximum atomic E-state index is 11.6. The maximum absolute atomic E-state index is 11.6. The lowest BCUT2D eigenvalue weighted by Gasteiger charge is -2.10. The molecule has 0 unspecified atom stereocenters. The third-order valence-corrected chi connectivity index (χ3v) is 4.56. The molecule has 0 saturated carbocycles. The number of benzene rings is 1. The first-order valence-electron chi connectivity index (χ1n) is 6.36. The molecule has 106 valence electrons. The number of nitrogens with zero attached hydrogens (tertiary/aromatic N) is 1. The minimum atomic E-state index is -0.946. The Bertz CT molecular complexity index is 870. The van der Waals surface area contributed by atoms with E-state index in [-0.39, 0.29) is 5.56 Å². The molecule has 0 bridgehead atoms. The van der Waals surface area contributed by atoms with E-state index >= 15 is 0 Å². The molecule has 0 radical (unpaired) electrons. The van der Waals surface area contributed by atoms with Gasteiger partial charge in [-0.25, -0.2) is 9.78 Å². The Morgan fingerprint density at radius 2 is 1.95 bits per heavy atom. The second-order valence-corrected chi connectivity index (χ2v) is 6.47. The predicted molar refractivity (Wildman–Crippen MR) is 86.5 cm³/mol. The number of carbonyl (C=O) groups is 1. The second-order valence-electron chi connectivity index (χ2n) is 4.92. The lowest BCUT2D eigenvalue weighted by atomic mass is 9.99. The SMILES string of the molecule is Cc1ccc(C)c2c(C(=O)O)cc(-c3csc(Cl)c3)nc12. The highest BCUT2D eigenvalue weighted by Crippen LogP contribution is 2.32. The minimum Gasteiger partial charge on any atom is -0.478 e. The standard InChI is InChI=1S/C16H12ClNO2S/c1-8-3-4-9(2)15-14(8)11(16(19)20)6-12(18-15)10-5-13(17)21-7-10/h3-7H,1-2H3,(H,19,20). The summed E-state index contributed by atoms with van der Waals surface area (Å²) in [5.74, 6) is -0.946. The van der Waals surface area contributed by atoms with Crippen LogP contribution < -0.4 is 0 Å². The zero-order valence-corrected chi connectivity index (χ0v) is 13.0. The topological polar surface area (TPSA) is 50.2 Å². The van der Waals surface area contributed by atoms with Crippen LogP contribution >= 0.6 is 22.9 Å². The van der Waals surface area contributed by atoms with Gasteiger partial charge in [0.1, 0.15) is 0 Å². The molecule has 2 heterocycles. The van der Waals surface area contributed by atoms with Gasteiger partial charge in [0, 0.05) is 16.3 Å². The number of pyridine rings is 1. The van der Waals surface area contributed by atoms with Gasteiger partial charge in [-0.2, -0.15) is 0 Å². The van der Waals surface area contributed by atoms with E-state index in [2.05, 4.69) is 4.98 Å². The zero-order chi connectivity index (χ0) is 15.1. The Kier molecular flexibility index (Phi) is 3.43. The van der Waals surface area contributed by atoms with Crippen molar-refractivity contribution in [1.82, 2.24) is 4.98 Å². The summed E-state index contributed by atoms with van der Waals surface area (Å²) < 4.78 is 0.657. The van der Waals surface area contributed by atoms with E-state index in [4.69, 9.17) is 11.6 Å². The third-order valence-electron chi connectivity index (χ3n) is 3.46. The number of hydrogen-bond donors (Lipinski definition) is 1. The third kappa shape index (κ3) is 2.41. The Balaban J connectivity index is 2.40. The van der Waals surface area contributed by atoms with E-state index in [0.29, 0.717) is 15.4 Å². The van der Waals surface area contributed by atoms with Crippen LogP contribution in [0.5, 0.6) is 0 Å². The van der Waals surface area contributed by atoms with Gasteiger partial charge in [-0.15, -0.1) is 11.3 Å². The van der Waals surface area contributed by atoms with Gasteiger partial charge in [0.05, 0.1) is 21.1 Å². The van der Waals surface area contributed by atoms with Gasteiger partial charge in [-0.1, -0.05) is 23.7 Å². The van der Waals surface area contributed by atoms with Crippen LogP contribution in [-0.2, 0) is 0 Å². The van der Waals surface area contributed by atoms with Gasteiger partial charge in [-0.05, 0) is 37.1 Å². The average molecular weight is 318 g/mol. The number of aryl methyl sites for hydroxylation is 2. The van der Waals surface area contributed by atoms with Crippen molar-refractivity contribution in [3.8, 4) is 11.3 Å². The van der Waals surface area contributed by atoms with Gasteiger partial charge >= 0.3 is 5.97 Å². The highest BCUT2D eigenvalue weighted by atomic mass is 35.5. The number of aromatic nitrogens is 1. The highest BCUT2D eigenvalue weighted by molar-refractivity contribution is 7.14. The average Bonchev–Trinajstić information content (AvgIpc) is 2.88. The molecule has 0 saturated heterocycles. The summed E-state index contributed by atoms with van der Waals surface area (Å²) in [6, 6.07) is 7.31. The number of halogens is 1. The quantitative estimate of drug-likeness (QED) is 0.729. The van der Waals surface area contributed by atoms with Crippen LogP contribution in [0.4, 0.5) is 0 Å². The fraction of sp³-hybridized carbons (Fsp3) is 0.125. The number of thiophene rings is 1. The smallest absolute Gasteiger partial charge is 0.336 e. The predicted octanol–water partition coefficient (Wildman–Crippen LogP) is 4.93. The molecule has 0 fully saturated rings. The molecule has 0 atom stereocenters. The van der Waals surface area contributed by atoms with Crippen LogP contribution in [-0.4, -0.2) is 16.1 Å². The van der Waals surface area contributed by atoms with Crippen molar-refractivity contribution in [2.45, 2.75) is 13.8 Å². The molecule has 3 aromatic rings. The van der Waals surface area contributed by atoms with E-state index in [9.17, 15) is 9.90 Å². The van der Waals surface area contributed by atoms with Crippen molar-refractivity contribution in [1.29, 1.82) is 0 Å². The molecule has 0 aliphatic rings. The fourth-order valence-corrected chi connectivity index (χ4v) is 3.28. The summed E-state index contributed by atoms with van der Waals surface area (Å²) >= 11 is 7.37. The summed E-state index contributed by atoms with van der Waals surface area (Å²) in [5.41, 5.74) is 4.36. The maximum Gasteiger partial charge on any atom is 0.336 e. The van der Waals surface area contributed by atoms with E-state index in [1.807, 2.05) is 31.4 Å². The van der Waals surface area contributed by atoms with Crippen LogP contribution in [0.2, 0.25) is 4.34 Å². The van der Waals surface area contributed by atoms with E-state index < -0.39 is 5.97 Å². The molecule has 0 spiro atoms. The summed E-state index contributed by atoms with van der Waals surface area (Å²) in [6.45, 7) is 3.84. The van der Waals surface area contributed by atoms with Crippen molar-refractivity contribution in [2.24, 2.45) is 0 Å². The number of rotatable bonds is 2. The van der Waals surface area contributed by atoms with Crippen molar-refractivity contribution < 1.29 is 9.90 Å². The summed E-state index contributed by atoms with van der Waals surface area (Å²) in [5, 5.41) is 12.1. The molecule has 3 rings (SSSR count). The molecule has 1 N–H and O–H groups in total. The number of carboxylic acid groups (broad SMARTS) is 1. The lowest BCUT2D eigenvalue weighted by molar-refractivity contribution is 0.0699. The Labute approximate surface area is 130 Å². The summed E-state index contributed by atoms with van der Waals surface area (Å²) in [6.07, 6.45) is 0. The van der Waals surface area contributed by atoms with Crippen molar-refractivity contribution >= 4 is 39.8 Å². The molecule has 0 amide bonds. The van der Waals surface area contributed by atoms with Gasteiger partial charge in [0.2, 0.25) is 0 Å². The van der Waals surface area contributed by atoms with Crippen molar-refractivity contribution in [3.05, 3.63) is 50.7 Å². The number of carboxylic acids is 1. The number of hydrogen-bond acceptors (Lipinski definition) is 3. The fourth-order valence-electron chi connectivity index (χ4n) is 2.40. The minimum absolute atomic E-state index is 0.276. The number of aromatic carboxylic acids is 1. The molecule has 0 aliphatic carbocycles. The van der Waals surface area contributed by atoms with Crippen LogP contribution in [0.1, 0.15) is 21.5 Å². The molecular weight excluding hydrogens is 306 g/mol. The first-order valence-corrected chi connectivity index (χ1v) is 7.62. The summed E-state index contributed by atoms with van der Waals surface area (Å²) in [7, 11) is 0. The van der Waals surface area contributed by atoms with Crippen molar-refractivity contribution in [3.63, 3.8) is 0 Å². The van der Waals surface area contributed by atoms with E-state index in [1.165, 1.54) is 11.3 Å². The lowest BCUT2D eigenvalue weighted by Crippen LogP contribution is -2.02. The van der Waals surface area contributed by atoms with Crippen LogP contribution in [0.15, 0.2) is 29.6 Å². The first kappa shape index (κ1) is 14.0. The van der Waals surface area contributed by atoms with Crippen LogP contribution in [0.3, 0.4) is 0 Å². The second kappa shape index (κ2) is 5.13. The Hall–Kier alpha value is -1.91. The number of fused-ring (bicyclic) bond motifs is 1. The highest BCUT2D eigenvalue weighted by Gasteiger charge is 2.16. The van der Waals surface area contributed by atoms with Crippen LogP contribution in [0.25, 0.3) is 22.2 Å². The summed E-state index contributed by atoms with van der Waals surface area (Å²) in [4.78, 5) is 16.3. The normalized spacial score (nSPS) is 11.0. The van der Waals surface area contributed by atoms with Gasteiger partial charge < -0.3 is 5.11 Å². The molecule has 21 heavy (non-hydrogen) atoms. The van der Waals surface area contributed by atoms with Gasteiger partial charge in [0.25, 0.3) is 0 Å². The first-order chi connectivity index (χ1) is 9.97. The molecule has 3 nitrogen and oxygen atoms in total. The molecule has 2 aromatic heterocycles. The van der Waals surface area contributed by atoms with Gasteiger partial charge in [-0.3, -0.25) is 0 Å². The molecule has 1 aromatic carbocycles. The Morgan fingerprint density at radius 3 is 2.57 bits per heavy atom. The molecule has 5 heteroatoms. The monoisotopic (exact) mass is 317 g/mol. The van der Waals surface area contributed by atoms with Crippen molar-refractivity contribution in [2.75, 3.05) is 0 Å². The van der Waals surface area contributed by atoms with E-state index in [1.54, 1.807) is 12.1 Å². The molecule has 0 aliphatic heterocycles. The van der Waals surface area contributed by atoms with E-state index in [0.717, 1.165) is 22.2 Å².